The Morgan fingerprint density at radius 1 is 1.09 bits per heavy atom. The van der Waals surface area contributed by atoms with Gasteiger partial charge in [0.05, 0.1) is 28.8 Å². The molecule has 3 N–H and O–H groups in total. The molecule has 3 amide bonds. The van der Waals surface area contributed by atoms with Gasteiger partial charge in [-0.05, 0) is 61.2 Å². The van der Waals surface area contributed by atoms with E-state index in [0.717, 1.165) is 41.5 Å². The summed E-state index contributed by atoms with van der Waals surface area (Å²) in [6, 6.07) is 13.5. The van der Waals surface area contributed by atoms with Crippen LogP contribution in [0, 0.1) is 5.92 Å². The molecular weight excluding hydrogens is 700 g/mol. The van der Waals surface area contributed by atoms with Gasteiger partial charge in [-0.15, -0.1) is 0 Å². The molecule has 0 aliphatic carbocycles. The van der Waals surface area contributed by atoms with Crippen LogP contribution < -0.4 is 36.0 Å². The Kier molecular flexibility index (Phi) is 9.68. The lowest BCUT2D eigenvalue weighted by Crippen LogP contribution is -2.49. The lowest BCUT2D eigenvalue weighted by molar-refractivity contribution is -0.134. The number of fused-ring (bicyclic) bond motifs is 2. The van der Waals surface area contributed by atoms with E-state index in [1.165, 1.54) is 11.6 Å². The highest BCUT2D eigenvalue weighted by Gasteiger charge is 2.33. The predicted octanol–water partition coefficient (Wildman–Crippen LogP) is 3.61. The first-order valence-electron chi connectivity index (χ1n) is 17.5. The molecule has 0 saturated carbocycles. The first-order valence-corrected chi connectivity index (χ1v) is 17.8. The first kappa shape index (κ1) is 35.7. The Hall–Kier alpha value is -5.70. The molecule has 16 heteroatoms. The van der Waals surface area contributed by atoms with Crippen molar-refractivity contribution < 1.29 is 19.1 Å². The van der Waals surface area contributed by atoms with Crippen molar-refractivity contribution in [2.75, 3.05) is 48.9 Å². The van der Waals surface area contributed by atoms with Crippen molar-refractivity contribution in [3.63, 3.8) is 0 Å². The van der Waals surface area contributed by atoms with Gasteiger partial charge in [0, 0.05) is 75.9 Å². The predicted molar refractivity (Wildman–Crippen MR) is 203 cm³/mol. The Labute approximate surface area is 310 Å². The molecule has 2 aliphatic rings. The second-order valence-corrected chi connectivity index (χ2v) is 14.1. The number of carbonyl (C=O) groups is 3. The molecule has 5 aromatic rings. The number of hydrogen-bond donors (Lipinski definition) is 3. The summed E-state index contributed by atoms with van der Waals surface area (Å²) in [5.74, 6) is -0.00796. The molecule has 2 aliphatic heterocycles. The number of benzene rings is 2. The Bertz CT molecular complexity index is 2320. The van der Waals surface area contributed by atoms with E-state index in [4.69, 9.17) is 26.4 Å². The SMILES string of the molecule is CNC(=O)COc1cc2cc(Nc3nc(N(C)[C@H]4CCN(c5ccc6c(C7CCC(=O)NC7=O)nn(C)c6c5)C[C@@H]4C)ncc3Cl)ccc2n(C)c1=O. The number of ether oxygens (including phenoxy) is 1. The minimum Gasteiger partial charge on any atom is -0.478 e. The van der Waals surface area contributed by atoms with Gasteiger partial charge in [0.25, 0.3) is 11.5 Å². The number of rotatable bonds is 9. The molecule has 0 bridgehead atoms. The summed E-state index contributed by atoms with van der Waals surface area (Å²) in [4.78, 5) is 62.7. The summed E-state index contributed by atoms with van der Waals surface area (Å²) in [5.41, 5.74) is 3.77. The minimum atomic E-state index is -0.445. The van der Waals surface area contributed by atoms with Gasteiger partial charge in [-0.25, -0.2) is 4.98 Å². The molecule has 1 unspecified atom stereocenters. The highest BCUT2D eigenvalue weighted by Crippen LogP contribution is 2.35. The van der Waals surface area contributed by atoms with E-state index in [1.54, 1.807) is 19.3 Å². The van der Waals surface area contributed by atoms with E-state index < -0.39 is 5.92 Å². The maximum Gasteiger partial charge on any atom is 0.293 e. The van der Waals surface area contributed by atoms with Crippen LogP contribution in [0.15, 0.2) is 53.5 Å². The van der Waals surface area contributed by atoms with Crippen LogP contribution in [0.25, 0.3) is 21.8 Å². The van der Waals surface area contributed by atoms with Crippen LogP contribution in [-0.2, 0) is 28.5 Å². The van der Waals surface area contributed by atoms with E-state index >= 15 is 0 Å². The maximum absolute atomic E-state index is 12.8. The molecule has 276 valence electrons. The lowest BCUT2D eigenvalue weighted by Gasteiger charge is -2.42. The second-order valence-electron chi connectivity index (χ2n) is 13.7. The number of imide groups is 1. The molecule has 0 spiro atoms. The second kappa shape index (κ2) is 14.4. The van der Waals surface area contributed by atoms with Crippen LogP contribution in [-0.4, -0.2) is 81.9 Å². The van der Waals surface area contributed by atoms with E-state index in [1.807, 2.05) is 43.0 Å². The standard InChI is InChI=1S/C37H41ClN10O5/c1-20-18-48(23-7-8-24-29(16-23)47(5)44-33(24)25-9-11-31(49)42-35(25)51)13-12-27(20)46(4)37-40-17-26(38)34(43-37)41-22-6-10-28-21(14-22)15-30(36(52)45(28)3)53-19-32(50)39-2/h6-8,10,14-17,20,25,27H,9,11-13,18-19H2,1-5H3,(H,39,50)(H,40,41,43)(H,42,49,51)/t20-,25?,27-/m0/s1. The van der Waals surface area contributed by atoms with Gasteiger partial charge in [-0.3, -0.25) is 29.2 Å². The number of nitrogens with zero attached hydrogens (tertiary/aromatic N) is 7. The quantitative estimate of drug-likeness (QED) is 0.189. The fraction of sp³-hybridized carbons (Fsp3) is 0.378. The van der Waals surface area contributed by atoms with Crippen molar-refractivity contribution in [2.24, 2.45) is 20.0 Å². The number of halogens is 1. The van der Waals surface area contributed by atoms with Gasteiger partial charge in [-0.2, -0.15) is 10.1 Å². The minimum absolute atomic E-state index is 0.0707. The van der Waals surface area contributed by atoms with Crippen LogP contribution in [0.2, 0.25) is 5.02 Å². The number of nitrogens with one attached hydrogen (secondary N) is 3. The van der Waals surface area contributed by atoms with Gasteiger partial charge in [-0.1, -0.05) is 18.5 Å². The molecule has 2 fully saturated rings. The number of carbonyl (C=O) groups excluding carboxylic acids is 3. The number of anilines is 4. The topological polar surface area (TPSA) is 169 Å². The van der Waals surface area contributed by atoms with E-state index in [0.29, 0.717) is 46.5 Å². The van der Waals surface area contributed by atoms with Gasteiger partial charge < -0.3 is 29.7 Å². The summed E-state index contributed by atoms with van der Waals surface area (Å²) in [5, 5.41) is 14.9. The first-order chi connectivity index (χ1) is 25.4. The average Bonchev–Trinajstić information content (AvgIpc) is 3.47. The third-order valence-corrected chi connectivity index (χ3v) is 10.6. The number of aryl methyl sites for hydroxylation is 2. The van der Waals surface area contributed by atoms with Gasteiger partial charge in [0.1, 0.15) is 5.02 Å². The fourth-order valence-electron chi connectivity index (χ4n) is 7.38. The number of hydrogen-bond acceptors (Lipinski definition) is 11. The van der Waals surface area contributed by atoms with Crippen LogP contribution in [0.1, 0.15) is 37.8 Å². The molecule has 2 saturated heterocycles. The highest BCUT2D eigenvalue weighted by atomic mass is 35.5. The number of likely N-dealkylation sites (N-methyl/N-ethyl adjacent to an activating group) is 1. The summed E-state index contributed by atoms with van der Waals surface area (Å²) >= 11 is 6.58. The molecule has 15 nitrogen and oxygen atoms in total. The zero-order valence-corrected chi connectivity index (χ0v) is 30.9. The molecule has 53 heavy (non-hydrogen) atoms. The third kappa shape index (κ3) is 6.95. The third-order valence-electron chi connectivity index (χ3n) is 10.3. The number of piperidine rings is 2. The maximum atomic E-state index is 12.8. The van der Waals surface area contributed by atoms with Crippen molar-refractivity contribution in [1.29, 1.82) is 0 Å². The summed E-state index contributed by atoms with van der Waals surface area (Å²) in [7, 11) is 7.04. The van der Waals surface area contributed by atoms with E-state index in [9.17, 15) is 19.2 Å². The summed E-state index contributed by atoms with van der Waals surface area (Å²) in [6.45, 7) is 3.58. The molecule has 2 aromatic carbocycles. The van der Waals surface area contributed by atoms with Crippen molar-refractivity contribution >= 4 is 74.3 Å². The fourth-order valence-corrected chi connectivity index (χ4v) is 7.51. The van der Waals surface area contributed by atoms with Crippen LogP contribution >= 0.6 is 11.6 Å². The van der Waals surface area contributed by atoms with Gasteiger partial charge >= 0.3 is 0 Å². The van der Waals surface area contributed by atoms with Crippen LogP contribution in [0.3, 0.4) is 0 Å². The largest absolute Gasteiger partial charge is 0.478 e. The van der Waals surface area contributed by atoms with Gasteiger partial charge in [0.15, 0.2) is 18.2 Å². The molecular formula is C37H41ClN10O5. The van der Waals surface area contributed by atoms with Crippen LogP contribution in [0.5, 0.6) is 5.75 Å². The Balaban J connectivity index is 1.05. The van der Waals surface area contributed by atoms with Gasteiger partial charge in [0.2, 0.25) is 17.8 Å². The normalized spacial score (nSPS) is 19.0. The molecule has 5 heterocycles. The number of amides is 3. The molecule has 7 rings (SSSR count). The molecule has 0 radical (unpaired) electrons. The van der Waals surface area contributed by atoms with Crippen molar-refractivity contribution in [2.45, 2.75) is 38.1 Å². The summed E-state index contributed by atoms with van der Waals surface area (Å²) < 4.78 is 8.80. The lowest BCUT2D eigenvalue weighted by atomic mass is 9.91. The molecule has 3 aromatic heterocycles. The van der Waals surface area contributed by atoms with E-state index in [-0.39, 0.29) is 47.6 Å². The summed E-state index contributed by atoms with van der Waals surface area (Å²) in [6.07, 6.45) is 3.22. The van der Waals surface area contributed by atoms with Crippen molar-refractivity contribution in [3.8, 4) is 5.75 Å². The van der Waals surface area contributed by atoms with Crippen molar-refractivity contribution in [3.05, 3.63) is 69.7 Å². The highest BCUT2D eigenvalue weighted by molar-refractivity contribution is 6.33. The Morgan fingerprint density at radius 2 is 1.91 bits per heavy atom. The monoisotopic (exact) mass is 740 g/mol. The zero-order valence-electron chi connectivity index (χ0n) is 30.1. The smallest absolute Gasteiger partial charge is 0.293 e. The Morgan fingerprint density at radius 3 is 2.66 bits per heavy atom. The molecule has 3 atom stereocenters. The number of pyridine rings is 1. The van der Waals surface area contributed by atoms with Crippen molar-refractivity contribution in [1.82, 2.24) is 34.9 Å². The average molecular weight is 741 g/mol. The van der Waals surface area contributed by atoms with E-state index in [2.05, 4.69) is 49.8 Å². The van der Waals surface area contributed by atoms with Crippen LogP contribution in [0.4, 0.5) is 23.1 Å². The zero-order chi connectivity index (χ0) is 37.6. The number of aromatic nitrogens is 5.